The molecule has 2 aromatic heterocycles. The summed E-state index contributed by atoms with van der Waals surface area (Å²) in [4.78, 5) is 8.93. The van der Waals surface area contributed by atoms with Gasteiger partial charge in [-0.15, -0.1) is 0 Å². The molecule has 0 radical (unpaired) electrons. The molecule has 0 fully saturated rings. The SMILES string of the molecule is COc1nc(-c2ccc3c(c2)nc(C)n3C)cs1. The van der Waals surface area contributed by atoms with Crippen LogP contribution < -0.4 is 4.74 Å². The Bertz CT molecular complexity index is 714. The minimum Gasteiger partial charge on any atom is -0.473 e. The number of hydrogen-bond donors (Lipinski definition) is 0. The van der Waals surface area contributed by atoms with E-state index in [-0.39, 0.29) is 0 Å². The average molecular weight is 259 g/mol. The van der Waals surface area contributed by atoms with Crippen LogP contribution in [0.5, 0.6) is 5.19 Å². The molecule has 0 aliphatic carbocycles. The first-order valence-electron chi connectivity index (χ1n) is 5.62. The van der Waals surface area contributed by atoms with Gasteiger partial charge in [0.2, 0.25) is 0 Å². The zero-order valence-corrected chi connectivity index (χ0v) is 11.3. The van der Waals surface area contributed by atoms with Crippen LogP contribution in [0.2, 0.25) is 0 Å². The second-order valence-electron chi connectivity index (χ2n) is 4.12. The molecule has 3 aromatic rings. The van der Waals surface area contributed by atoms with Gasteiger partial charge in [-0.1, -0.05) is 17.4 Å². The Labute approximate surface area is 109 Å². The number of hydrogen-bond acceptors (Lipinski definition) is 4. The number of methoxy groups -OCH3 is 1. The number of aryl methyl sites for hydroxylation is 2. The second kappa shape index (κ2) is 4.10. The molecule has 0 N–H and O–H groups in total. The summed E-state index contributed by atoms with van der Waals surface area (Å²) in [5, 5.41) is 2.68. The van der Waals surface area contributed by atoms with Gasteiger partial charge in [-0.3, -0.25) is 0 Å². The monoisotopic (exact) mass is 259 g/mol. The highest BCUT2D eigenvalue weighted by molar-refractivity contribution is 7.11. The fourth-order valence-corrected chi connectivity index (χ4v) is 2.61. The van der Waals surface area contributed by atoms with Crippen molar-refractivity contribution in [2.24, 2.45) is 7.05 Å². The highest BCUT2D eigenvalue weighted by Crippen LogP contribution is 2.28. The van der Waals surface area contributed by atoms with Crippen molar-refractivity contribution in [1.82, 2.24) is 14.5 Å². The number of benzene rings is 1. The van der Waals surface area contributed by atoms with Gasteiger partial charge in [0.05, 0.1) is 23.8 Å². The molecule has 4 nitrogen and oxygen atoms in total. The third kappa shape index (κ3) is 1.67. The molecular formula is C13H13N3OS. The Morgan fingerprint density at radius 1 is 1.28 bits per heavy atom. The fourth-order valence-electron chi connectivity index (χ4n) is 1.96. The highest BCUT2D eigenvalue weighted by atomic mass is 32.1. The number of ether oxygens (including phenoxy) is 1. The van der Waals surface area contributed by atoms with Gasteiger partial charge in [-0.05, 0) is 19.1 Å². The molecular weight excluding hydrogens is 246 g/mol. The van der Waals surface area contributed by atoms with Crippen LogP contribution in [-0.2, 0) is 7.05 Å². The van der Waals surface area contributed by atoms with Crippen molar-refractivity contribution >= 4 is 22.4 Å². The molecule has 0 amide bonds. The summed E-state index contributed by atoms with van der Waals surface area (Å²) in [5.74, 6) is 1.01. The maximum absolute atomic E-state index is 5.11. The molecule has 0 bridgehead atoms. The van der Waals surface area contributed by atoms with E-state index in [0.717, 1.165) is 28.1 Å². The van der Waals surface area contributed by atoms with Gasteiger partial charge in [0.25, 0.3) is 5.19 Å². The normalized spacial score (nSPS) is 11.1. The number of aromatic nitrogens is 3. The fraction of sp³-hybridized carbons (Fsp3) is 0.231. The maximum atomic E-state index is 5.11. The first-order chi connectivity index (χ1) is 8.69. The van der Waals surface area contributed by atoms with Gasteiger partial charge in [0.15, 0.2) is 0 Å². The van der Waals surface area contributed by atoms with Crippen LogP contribution in [0.3, 0.4) is 0 Å². The topological polar surface area (TPSA) is 39.9 Å². The summed E-state index contributed by atoms with van der Waals surface area (Å²) >= 11 is 1.50. The van der Waals surface area contributed by atoms with E-state index in [1.165, 1.54) is 11.3 Å². The summed E-state index contributed by atoms with van der Waals surface area (Å²) in [7, 11) is 3.66. The number of fused-ring (bicyclic) bond motifs is 1. The Morgan fingerprint density at radius 2 is 2.11 bits per heavy atom. The lowest BCUT2D eigenvalue weighted by Crippen LogP contribution is -1.89. The van der Waals surface area contributed by atoms with Crippen LogP contribution in [0, 0.1) is 6.92 Å². The minimum atomic E-state index is 0.683. The number of thiazole rings is 1. The second-order valence-corrected chi connectivity index (χ2v) is 4.94. The molecule has 5 heteroatoms. The van der Waals surface area contributed by atoms with Crippen LogP contribution in [0.25, 0.3) is 22.3 Å². The van der Waals surface area contributed by atoms with Gasteiger partial charge >= 0.3 is 0 Å². The van der Waals surface area contributed by atoms with E-state index in [0.29, 0.717) is 5.19 Å². The van der Waals surface area contributed by atoms with Crippen LogP contribution in [0.15, 0.2) is 23.6 Å². The van der Waals surface area contributed by atoms with Crippen molar-refractivity contribution < 1.29 is 4.74 Å². The third-order valence-electron chi connectivity index (χ3n) is 3.06. The standard InChI is InChI=1S/C13H13N3OS/c1-8-14-10-6-9(4-5-12(10)16(8)2)11-7-18-13(15-11)17-3/h4-7H,1-3H3. The van der Waals surface area contributed by atoms with E-state index in [9.17, 15) is 0 Å². The Hall–Kier alpha value is -1.88. The summed E-state index contributed by atoms with van der Waals surface area (Å²) in [6.07, 6.45) is 0. The van der Waals surface area contributed by atoms with Gasteiger partial charge in [0.1, 0.15) is 5.82 Å². The van der Waals surface area contributed by atoms with E-state index >= 15 is 0 Å². The van der Waals surface area contributed by atoms with Crippen molar-refractivity contribution in [3.8, 4) is 16.5 Å². The molecule has 0 aliphatic heterocycles. The summed E-state index contributed by atoms with van der Waals surface area (Å²) in [5.41, 5.74) is 4.14. The average Bonchev–Trinajstić information content (AvgIpc) is 2.95. The van der Waals surface area contributed by atoms with Crippen LogP contribution >= 0.6 is 11.3 Å². The van der Waals surface area contributed by atoms with Crippen LogP contribution in [0.1, 0.15) is 5.82 Å². The zero-order chi connectivity index (χ0) is 12.7. The molecule has 3 rings (SSSR count). The first-order valence-corrected chi connectivity index (χ1v) is 6.50. The summed E-state index contributed by atoms with van der Waals surface area (Å²) in [6, 6.07) is 6.21. The van der Waals surface area contributed by atoms with E-state index in [2.05, 4.69) is 32.7 Å². The smallest absolute Gasteiger partial charge is 0.273 e. The van der Waals surface area contributed by atoms with Gasteiger partial charge < -0.3 is 9.30 Å². The van der Waals surface area contributed by atoms with E-state index in [1.807, 2.05) is 19.4 Å². The lowest BCUT2D eigenvalue weighted by molar-refractivity contribution is 0.412. The van der Waals surface area contributed by atoms with Crippen molar-refractivity contribution in [1.29, 1.82) is 0 Å². The Balaban J connectivity index is 2.13. The third-order valence-corrected chi connectivity index (χ3v) is 3.86. The van der Waals surface area contributed by atoms with Gasteiger partial charge in [0, 0.05) is 18.0 Å². The highest BCUT2D eigenvalue weighted by Gasteiger charge is 2.08. The number of imidazole rings is 1. The van der Waals surface area contributed by atoms with Crippen molar-refractivity contribution in [3.05, 3.63) is 29.4 Å². The van der Waals surface area contributed by atoms with E-state index in [1.54, 1.807) is 7.11 Å². The number of rotatable bonds is 2. The molecule has 0 spiro atoms. The molecule has 2 heterocycles. The van der Waals surface area contributed by atoms with E-state index < -0.39 is 0 Å². The van der Waals surface area contributed by atoms with Crippen molar-refractivity contribution in [2.75, 3.05) is 7.11 Å². The summed E-state index contributed by atoms with van der Waals surface area (Å²) in [6.45, 7) is 2.01. The lowest BCUT2D eigenvalue weighted by Gasteiger charge is -1.98. The molecule has 0 unspecified atom stereocenters. The van der Waals surface area contributed by atoms with Crippen LogP contribution in [-0.4, -0.2) is 21.6 Å². The Kier molecular flexibility index (Phi) is 2.56. The Morgan fingerprint density at radius 3 is 2.83 bits per heavy atom. The molecule has 0 saturated carbocycles. The number of nitrogens with zero attached hydrogens (tertiary/aromatic N) is 3. The molecule has 0 aliphatic rings. The zero-order valence-electron chi connectivity index (χ0n) is 10.5. The van der Waals surface area contributed by atoms with Gasteiger partial charge in [-0.2, -0.15) is 0 Å². The predicted octanol–water partition coefficient (Wildman–Crippen LogP) is 3.01. The first kappa shape index (κ1) is 11.2. The summed E-state index contributed by atoms with van der Waals surface area (Å²) < 4.78 is 7.20. The van der Waals surface area contributed by atoms with Crippen molar-refractivity contribution in [2.45, 2.75) is 6.92 Å². The molecule has 18 heavy (non-hydrogen) atoms. The molecule has 0 atom stereocenters. The molecule has 1 aromatic carbocycles. The maximum Gasteiger partial charge on any atom is 0.273 e. The van der Waals surface area contributed by atoms with Crippen LogP contribution in [0.4, 0.5) is 0 Å². The molecule has 0 saturated heterocycles. The van der Waals surface area contributed by atoms with Crippen molar-refractivity contribution in [3.63, 3.8) is 0 Å². The lowest BCUT2D eigenvalue weighted by atomic mass is 10.1. The minimum absolute atomic E-state index is 0.683. The quantitative estimate of drug-likeness (QED) is 0.710. The predicted molar refractivity (Wildman–Crippen MR) is 73.1 cm³/mol. The largest absolute Gasteiger partial charge is 0.473 e. The molecule has 92 valence electrons. The van der Waals surface area contributed by atoms with Gasteiger partial charge in [-0.25, -0.2) is 9.97 Å². The van der Waals surface area contributed by atoms with E-state index in [4.69, 9.17) is 4.74 Å².